The van der Waals surface area contributed by atoms with Gasteiger partial charge in [0.25, 0.3) is 0 Å². The minimum Gasteiger partial charge on any atom is -0.480 e. The average Bonchev–Trinajstić information content (AvgIpc) is 3.61. The highest BCUT2D eigenvalue weighted by molar-refractivity contribution is 9.11. The lowest BCUT2D eigenvalue weighted by Gasteiger charge is -2.28. The molecule has 4 N–H and O–H groups in total. The van der Waals surface area contributed by atoms with E-state index in [1.165, 1.54) is 9.80 Å². The molecule has 0 saturated carbocycles. The summed E-state index contributed by atoms with van der Waals surface area (Å²) in [6.45, 7) is 11.7. The molecule has 0 aromatic heterocycles. The SMILES string of the molecule is CC(C)(C)OC(=O)N1CCC[C@@H]1C(=O)Nc1ccccc1Br.CC(C)(C)OC(=O)N1CCC[C@@H]1C(=O)O.Nc1ccccc1Br. The Labute approximate surface area is 282 Å². The van der Waals surface area contributed by atoms with Crippen molar-refractivity contribution in [2.45, 2.75) is 90.5 Å². The molecule has 2 atom stereocenters. The van der Waals surface area contributed by atoms with Crippen molar-refractivity contribution in [3.8, 4) is 0 Å². The summed E-state index contributed by atoms with van der Waals surface area (Å²) in [7, 11) is 0. The number of carbonyl (C=O) groups is 4. The Kier molecular flexibility index (Phi) is 14.2. The number of halogens is 2. The van der Waals surface area contributed by atoms with Crippen LogP contribution < -0.4 is 11.1 Å². The van der Waals surface area contributed by atoms with E-state index in [4.69, 9.17) is 20.3 Å². The number of nitrogens with one attached hydrogen (secondary N) is 1. The molecule has 2 heterocycles. The molecule has 13 heteroatoms. The number of carbonyl (C=O) groups excluding carboxylic acids is 3. The highest BCUT2D eigenvalue weighted by Gasteiger charge is 2.37. The Morgan fingerprint density at radius 2 is 1.22 bits per heavy atom. The van der Waals surface area contributed by atoms with Gasteiger partial charge in [0.2, 0.25) is 5.91 Å². The van der Waals surface area contributed by atoms with Gasteiger partial charge in [0.15, 0.2) is 0 Å². The fourth-order valence-electron chi connectivity index (χ4n) is 4.39. The number of nitrogen functional groups attached to an aromatic ring is 1. The van der Waals surface area contributed by atoms with Crippen LogP contribution in [0.25, 0.3) is 0 Å². The van der Waals surface area contributed by atoms with Crippen LogP contribution in [0.1, 0.15) is 67.2 Å². The van der Waals surface area contributed by atoms with E-state index in [9.17, 15) is 19.2 Å². The molecule has 45 heavy (non-hydrogen) atoms. The van der Waals surface area contributed by atoms with E-state index in [1.807, 2.05) is 69.3 Å². The molecular weight excluding hydrogens is 712 g/mol. The number of para-hydroxylation sites is 2. The summed E-state index contributed by atoms with van der Waals surface area (Å²) in [5.74, 6) is -1.14. The number of hydrogen-bond donors (Lipinski definition) is 3. The predicted octanol–water partition coefficient (Wildman–Crippen LogP) is 7.29. The van der Waals surface area contributed by atoms with E-state index < -0.39 is 41.4 Å². The summed E-state index contributed by atoms with van der Waals surface area (Å²) in [4.78, 5) is 49.9. The number of benzene rings is 2. The summed E-state index contributed by atoms with van der Waals surface area (Å²) in [6, 6.07) is 13.8. The van der Waals surface area contributed by atoms with Crippen molar-refractivity contribution in [2.75, 3.05) is 24.1 Å². The summed E-state index contributed by atoms with van der Waals surface area (Å²) < 4.78 is 12.3. The van der Waals surface area contributed by atoms with Gasteiger partial charge in [-0.2, -0.15) is 0 Å². The molecule has 2 aromatic rings. The number of likely N-dealkylation sites (tertiary alicyclic amines) is 2. The number of nitrogens with zero attached hydrogens (tertiary/aromatic N) is 2. The fourth-order valence-corrected chi connectivity index (χ4v) is 5.06. The number of carboxylic acid groups (broad SMARTS) is 1. The zero-order valence-electron chi connectivity index (χ0n) is 26.6. The van der Waals surface area contributed by atoms with Gasteiger partial charge in [-0.25, -0.2) is 14.4 Å². The maximum atomic E-state index is 12.5. The monoisotopic (exact) mass is 754 g/mol. The van der Waals surface area contributed by atoms with Crippen molar-refractivity contribution in [2.24, 2.45) is 0 Å². The maximum absolute atomic E-state index is 12.5. The molecule has 2 fully saturated rings. The van der Waals surface area contributed by atoms with Crippen molar-refractivity contribution in [3.63, 3.8) is 0 Å². The van der Waals surface area contributed by atoms with Crippen molar-refractivity contribution < 1.29 is 33.8 Å². The molecule has 0 spiro atoms. The summed E-state index contributed by atoms with van der Waals surface area (Å²) in [5.41, 5.74) is 5.81. The number of rotatable bonds is 3. The molecule has 2 aliphatic heterocycles. The minimum atomic E-state index is -0.960. The van der Waals surface area contributed by atoms with E-state index >= 15 is 0 Å². The number of hydrogen-bond acceptors (Lipinski definition) is 7. The normalized spacial score (nSPS) is 17.7. The highest BCUT2D eigenvalue weighted by atomic mass is 79.9. The maximum Gasteiger partial charge on any atom is 0.411 e. The van der Waals surface area contributed by atoms with Gasteiger partial charge in [-0.1, -0.05) is 24.3 Å². The fraction of sp³-hybridized carbons (Fsp3) is 0.500. The molecule has 4 rings (SSSR count). The average molecular weight is 757 g/mol. The molecule has 0 radical (unpaired) electrons. The standard InChI is InChI=1S/C16H21BrN2O3.C10H17NO4.C6H6BrN/c1-16(2,3)22-15(21)19-10-6-9-13(19)14(20)18-12-8-5-4-7-11(12)17;1-10(2,3)15-9(14)11-6-4-5-7(11)8(12)13;7-5-3-1-2-4-6(5)8/h4-5,7-8,13H,6,9-10H2,1-3H3,(H,18,20);7H,4-6H2,1-3H3,(H,12,13);1-4H,8H2/t13-;7-;/m11./s1. The van der Waals surface area contributed by atoms with E-state index in [0.29, 0.717) is 31.6 Å². The van der Waals surface area contributed by atoms with Gasteiger partial charge in [0.1, 0.15) is 23.3 Å². The number of anilines is 2. The third kappa shape index (κ3) is 12.9. The van der Waals surface area contributed by atoms with E-state index in [2.05, 4.69) is 37.2 Å². The number of ether oxygens (including phenoxy) is 2. The first-order chi connectivity index (χ1) is 20.9. The Morgan fingerprint density at radius 1 is 0.778 bits per heavy atom. The molecular formula is C32H44Br2N4O7. The Bertz CT molecular complexity index is 1310. The number of nitrogens with two attached hydrogens (primary N) is 1. The van der Waals surface area contributed by atoms with Crippen LogP contribution in [-0.4, -0.2) is 75.3 Å². The second kappa shape index (κ2) is 16.8. The van der Waals surface area contributed by atoms with Gasteiger partial charge in [0, 0.05) is 27.7 Å². The number of carboxylic acids is 1. The van der Waals surface area contributed by atoms with Gasteiger partial charge in [-0.05, 0) is 123 Å². The van der Waals surface area contributed by atoms with Gasteiger partial charge in [0.05, 0.1) is 5.69 Å². The third-order valence-corrected chi connectivity index (χ3v) is 7.80. The van der Waals surface area contributed by atoms with Crippen LogP contribution >= 0.6 is 31.9 Å². The molecule has 2 saturated heterocycles. The van der Waals surface area contributed by atoms with Crippen molar-refractivity contribution in [3.05, 3.63) is 57.5 Å². The zero-order chi connectivity index (χ0) is 33.9. The van der Waals surface area contributed by atoms with Crippen molar-refractivity contribution in [1.82, 2.24) is 9.80 Å². The first-order valence-corrected chi connectivity index (χ1v) is 16.3. The van der Waals surface area contributed by atoms with Gasteiger partial charge in [-0.3, -0.25) is 14.6 Å². The number of aliphatic carboxylic acids is 1. The van der Waals surface area contributed by atoms with Gasteiger partial charge in [-0.15, -0.1) is 0 Å². The Hall–Kier alpha value is -3.32. The van der Waals surface area contributed by atoms with E-state index in [1.54, 1.807) is 20.8 Å². The Morgan fingerprint density at radius 3 is 1.64 bits per heavy atom. The van der Waals surface area contributed by atoms with Crippen LogP contribution in [0.4, 0.5) is 21.0 Å². The van der Waals surface area contributed by atoms with Crippen LogP contribution in [0.2, 0.25) is 0 Å². The van der Waals surface area contributed by atoms with Gasteiger partial charge < -0.3 is 25.6 Å². The summed E-state index contributed by atoms with van der Waals surface area (Å²) >= 11 is 6.67. The van der Waals surface area contributed by atoms with Crippen LogP contribution in [0.5, 0.6) is 0 Å². The van der Waals surface area contributed by atoms with Gasteiger partial charge >= 0.3 is 18.2 Å². The third-order valence-electron chi connectivity index (χ3n) is 6.39. The molecule has 0 unspecified atom stereocenters. The first-order valence-electron chi connectivity index (χ1n) is 14.7. The zero-order valence-corrected chi connectivity index (χ0v) is 29.8. The molecule has 11 nitrogen and oxygen atoms in total. The highest BCUT2D eigenvalue weighted by Crippen LogP contribution is 2.25. The van der Waals surface area contributed by atoms with E-state index in [-0.39, 0.29) is 5.91 Å². The largest absolute Gasteiger partial charge is 0.480 e. The summed E-state index contributed by atoms with van der Waals surface area (Å²) in [5, 5.41) is 11.7. The number of amides is 3. The van der Waals surface area contributed by atoms with Crippen LogP contribution in [-0.2, 0) is 19.1 Å². The van der Waals surface area contributed by atoms with Crippen LogP contribution in [0, 0.1) is 0 Å². The van der Waals surface area contributed by atoms with Crippen LogP contribution in [0.15, 0.2) is 57.5 Å². The lowest BCUT2D eigenvalue weighted by molar-refractivity contribution is -0.142. The smallest absolute Gasteiger partial charge is 0.411 e. The molecule has 0 bridgehead atoms. The molecule has 2 aromatic carbocycles. The first kappa shape index (κ1) is 37.9. The minimum absolute atomic E-state index is 0.185. The van der Waals surface area contributed by atoms with Crippen molar-refractivity contribution in [1.29, 1.82) is 0 Å². The second-order valence-electron chi connectivity index (χ2n) is 12.5. The molecule has 2 aliphatic rings. The lowest BCUT2D eigenvalue weighted by Crippen LogP contribution is -2.45. The molecule has 3 amide bonds. The van der Waals surface area contributed by atoms with Crippen molar-refractivity contribution >= 4 is 67.3 Å². The lowest BCUT2D eigenvalue weighted by atomic mass is 10.2. The molecule has 248 valence electrons. The van der Waals surface area contributed by atoms with Crippen LogP contribution in [0.3, 0.4) is 0 Å². The second-order valence-corrected chi connectivity index (χ2v) is 14.2. The Balaban J connectivity index is 0.000000263. The quantitative estimate of drug-likeness (QED) is 0.277. The topological polar surface area (TPSA) is 152 Å². The summed E-state index contributed by atoms with van der Waals surface area (Å²) in [6.07, 6.45) is 1.71. The predicted molar refractivity (Wildman–Crippen MR) is 181 cm³/mol. The molecule has 0 aliphatic carbocycles. The van der Waals surface area contributed by atoms with E-state index in [0.717, 1.165) is 27.5 Å².